The Bertz CT molecular complexity index is 1460. The summed E-state index contributed by atoms with van der Waals surface area (Å²) < 4.78 is 36.0. The highest BCUT2D eigenvalue weighted by atomic mass is 35.5. The first-order chi connectivity index (χ1) is 16.6. The Labute approximate surface area is 208 Å². The van der Waals surface area contributed by atoms with Crippen molar-refractivity contribution in [3.63, 3.8) is 0 Å². The van der Waals surface area contributed by atoms with Gasteiger partial charge in [0, 0.05) is 10.8 Å². The number of carbonyl (C=O) groups is 1. The largest absolute Gasteiger partial charge is 0.506 e. The number of amides is 1. The zero-order valence-corrected chi connectivity index (χ0v) is 20.6. The van der Waals surface area contributed by atoms with Gasteiger partial charge in [0.15, 0.2) is 11.5 Å². The summed E-state index contributed by atoms with van der Waals surface area (Å²) in [5, 5.41) is 15.7. The minimum atomic E-state index is -3.87. The van der Waals surface area contributed by atoms with Gasteiger partial charge >= 0.3 is 0 Å². The van der Waals surface area contributed by atoms with Gasteiger partial charge in [-0.25, -0.2) is 13.8 Å². The van der Waals surface area contributed by atoms with Crippen LogP contribution in [0.4, 0.5) is 0 Å². The molecule has 2 N–H and O–H groups in total. The number of methoxy groups -OCH3 is 2. The van der Waals surface area contributed by atoms with Gasteiger partial charge in [0.2, 0.25) is 9.84 Å². The molecule has 0 saturated heterocycles. The Morgan fingerprint density at radius 2 is 1.80 bits per heavy atom. The number of nitrogens with one attached hydrogen (secondary N) is 1. The molecule has 0 unspecified atom stereocenters. The lowest BCUT2D eigenvalue weighted by Gasteiger charge is -2.10. The molecule has 180 valence electrons. The van der Waals surface area contributed by atoms with Crippen molar-refractivity contribution in [3.8, 4) is 28.4 Å². The molecule has 35 heavy (non-hydrogen) atoms. The zero-order valence-electron chi connectivity index (χ0n) is 19.0. The molecule has 1 amide bonds. The predicted octanol–water partition coefficient (Wildman–Crippen LogP) is 3.92. The molecule has 0 heterocycles. The molecule has 8 nitrogen and oxygen atoms in total. The van der Waals surface area contributed by atoms with E-state index in [4.69, 9.17) is 21.1 Å². The van der Waals surface area contributed by atoms with Gasteiger partial charge in [-0.2, -0.15) is 5.10 Å². The van der Waals surface area contributed by atoms with Crippen molar-refractivity contribution in [1.82, 2.24) is 5.43 Å². The van der Waals surface area contributed by atoms with Crippen LogP contribution in [0, 0.1) is 18.1 Å². The normalized spacial score (nSPS) is 11.0. The average molecular weight is 513 g/mol. The third kappa shape index (κ3) is 6.32. The predicted molar refractivity (Wildman–Crippen MR) is 133 cm³/mol. The highest BCUT2D eigenvalue weighted by Gasteiger charge is 2.14. The highest BCUT2D eigenvalue weighted by molar-refractivity contribution is 7.96. The average Bonchev–Trinajstić information content (AvgIpc) is 2.84. The number of aryl methyl sites for hydroxylation is 1. The van der Waals surface area contributed by atoms with Crippen LogP contribution in [0.25, 0.3) is 0 Å². The number of sulfone groups is 1. The molecule has 0 radical (unpaired) electrons. The van der Waals surface area contributed by atoms with Gasteiger partial charge < -0.3 is 14.6 Å². The second kappa shape index (κ2) is 11.0. The molecule has 0 atom stereocenters. The van der Waals surface area contributed by atoms with Crippen LogP contribution in [0.3, 0.4) is 0 Å². The summed E-state index contributed by atoms with van der Waals surface area (Å²) in [5.74, 6) is 2.49. The van der Waals surface area contributed by atoms with Crippen molar-refractivity contribution >= 4 is 33.6 Å². The Morgan fingerprint density at radius 1 is 1.09 bits per heavy atom. The number of hydrogen-bond donors (Lipinski definition) is 2. The monoisotopic (exact) mass is 512 g/mol. The van der Waals surface area contributed by atoms with Crippen LogP contribution in [0.2, 0.25) is 5.02 Å². The van der Waals surface area contributed by atoms with E-state index in [1.807, 2.05) is 6.92 Å². The summed E-state index contributed by atoms with van der Waals surface area (Å²) in [6.45, 7) is 1.86. The van der Waals surface area contributed by atoms with Crippen LogP contribution in [-0.4, -0.2) is 39.9 Å². The molecule has 0 spiro atoms. The van der Waals surface area contributed by atoms with Crippen molar-refractivity contribution in [3.05, 3.63) is 81.9 Å². The lowest BCUT2D eigenvalue weighted by atomic mass is 10.1. The number of phenols is 1. The third-order valence-electron chi connectivity index (χ3n) is 4.74. The fraction of sp³-hybridized carbons (Fsp3) is 0.120. The van der Waals surface area contributed by atoms with Crippen LogP contribution in [0.15, 0.2) is 64.6 Å². The van der Waals surface area contributed by atoms with E-state index in [9.17, 15) is 18.3 Å². The minimum Gasteiger partial charge on any atom is -0.506 e. The van der Waals surface area contributed by atoms with Crippen LogP contribution < -0.4 is 14.9 Å². The molecule has 3 aromatic carbocycles. The molecule has 0 saturated carbocycles. The first-order valence-corrected chi connectivity index (χ1v) is 11.9. The van der Waals surface area contributed by atoms with Gasteiger partial charge in [-0.3, -0.25) is 4.79 Å². The van der Waals surface area contributed by atoms with E-state index in [0.29, 0.717) is 11.3 Å². The second-order valence-electron chi connectivity index (χ2n) is 7.21. The molecule has 0 fully saturated rings. The first kappa shape index (κ1) is 25.6. The quantitative estimate of drug-likeness (QED) is 0.294. The maximum atomic E-state index is 12.6. The Balaban J connectivity index is 1.89. The summed E-state index contributed by atoms with van der Waals surface area (Å²) in [6.07, 6.45) is 1.33. The number of phenolic OH excluding ortho intramolecular Hbond substituents is 1. The van der Waals surface area contributed by atoms with E-state index in [1.165, 1.54) is 50.8 Å². The Kier molecular flexibility index (Phi) is 8.02. The van der Waals surface area contributed by atoms with Gasteiger partial charge in [0.05, 0.1) is 35.9 Å². The van der Waals surface area contributed by atoms with E-state index < -0.39 is 15.7 Å². The SMILES string of the molecule is COc1cc(C=NNC(=O)c2ccc(O)c(Cl)c2)cc(C#CS(=O)(=O)c2ccc(C)cc2)c1OC. The fourth-order valence-corrected chi connectivity index (χ4v) is 3.97. The fourth-order valence-electron chi connectivity index (χ4n) is 2.93. The lowest BCUT2D eigenvalue weighted by molar-refractivity contribution is 0.0955. The number of halogens is 1. The molecular weight excluding hydrogens is 492 g/mol. The van der Waals surface area contributed by atoms with E-state index in [2.05, 4.69) is 21.7 Å². The number of aromatic hydroxyl groups is 1. The molecule has 0 aliphatic carbocycles. The smallest absolute Gasteiger partial charge is 0.271 e. The van der Waals surface area contributed by atoms with Crippen molar-refractivity contribution < 1.29 is 27.8 Å². The van der Waals surface area contributed by atoms with Gasteiger partial charge in [-0.15, -0.1) is 0 Å². The second-order valence-corrected chi connectivity index (χ2v) is 9.30. The van der Waals surface area contributed by atoms with Crippen LogP contribution in [0.5, 0.6) is 17.2 Å². The third-order valence-corrected chi connectivity index (χ3v) is 6.31. The number of rotatable bonds is 6. The summed E-state index contributed by atoms with van der Waals surface area (Å²) in [4.78, 5) is 12.3. The molecular formula is C25H21ClN2O6S. The first-order valence-electron chi connectivity index (χ1n) is 10.1. The van der Waals surface area contributed by atoms with Gasteiger partial charge in [0.25, 0.3) is 5.91 Å². The topological polar surface area (TPSA) is 114 Å². The Hall–Kier alpha value is -4.00. The van der Waals surface area contributed by atoms with Crippen molar-refractivity contribution in [2.24, 2.45) is 5.10 Å². The maximum Gasteiger partial charge on any atom is 0.271 e. The number of hydrogen-bond acceptors (Lipinski definition) is 7. The van der Waals surface area contributed by atoms with E-state index in [-0.39, 0.29) is 32.5 Å². The molecule has 0 aliphatic heterocycles. The molecule has 3 aromatic rings. The minimum absolute atomic E-state index is 0.0327. The number of nitrogens with zero attached hydrogens (tertiary/aromatic N) is 1. The lowest BCUT2D eigenvalue weighted by Crippen LogP contribution is -2.17. The summed E-state index contributed by atoms with van der Waals surface area (Å²) in [7, 11) is -1.04. The number of ether oxygens (including phenoxy) is 2. The number of benzene rings is 3. The van der Waals surface area contributed by atoms with Crippen LogP contribution in [0.1, 0.15) is 27.0 Å². The number of hydrazone groups is 1. The van der Waals surface area contributed by atoms with E-state index >= 15 is 0 Å². The van der Waals surface area contributed by atoms with Gasteiger partial charge in [-0.05, 0) is 60.9 Å². The van der Waals surface area contributed by atoms with Crippen molar-refractivity contribution in [2.45, 2.75) is 11.8 Å². The van der Waals surface area contributed by atoms with E-state index in [1.54, 1.807) is 24.3 Å². The van der Waals surface area contributed by atoms with Crippen LogP contribution >= 0.6 is 11.6 Å². The van der Waals surface area contributed by atoms with Crippen molar-refractivity contribution in [1.29, 1.82) is 0 Å². The molecule has 3 rings (SSSR count). The maximum absolute atomic E-state index is 12.6. The molecule has 0 bridgehead atoms. The summed E-state index contributed by atoms with van der Waals surface area (Å²) in [6, 6.07) is 13.5. The standard InChI is InChI=1S/C25H21ClN2O6S/c1-16-4-7-20(8-5-16)35(31,32)11-10-18-12-17(13-23(33-2)24(18)34-3)15-27-28-25(30)19-6-9-22(29)21(26)14-19/h4-9,12-15,29H,1-3H3,(H,28,30). The highest BCUT2D eigenvalue weighted by Crippen LogP contribution is 2.32. The van der Waals surface area contributed by atoms with Crippen molar-refractivity contribution in [2.75, 3.05) is 14.2 Å². The summed E-state index contributed by atoms with van der Waals surface area (Å²) in [5.41, 5.74) is 4.19. The zero-order chi connectivity index (χ0) is 25.6. The van der Waals surface area contributed by atoms with E-state index in [0.717, 1.165) is 5.56 Å². The Morgan fingerprint density at radius 3 is 2.43 bits per heavy atom. The molecule has 10 heteroatoms. The molecule has 0 aromatic heterocycles. The summed E-state index contributed by atoms with van der Waals surface area (Å²) >= 11 is 5.83. The van der Waals surface area contributed by atoms with Gasteiger partial charge in [-0.1, -0.05) is 29.3 Å². The number of carbonyl (C=O) groups excluding carboxylic acids is 1. The van der Waals surface area contributed by atoms with Crippen LogP contribution in [-0.2, 0) is 9.84 Å². The van der Waals surface area contributed by atoms with Gasteiger partial charge in [0.1, 0.15) is 5.75 Å². The molecule has 0 aliphatic rings.